The molecule has 4 nitrogen and oxygen atoms in total. The molecule has 4 rings (SSSR count). The molecule has 0 radical (unpaired) electrons. The van der Waals surface area contributed by atoms with Gasteiger partial charge in [-0.05, 0) is 62.1 Å². The number of allylic oxidation sites excluding steroid dienone is 1. The van der Waals surface area contributed by atoms with Crippen molar-refractivity contribution in [3.63, 3.8) is 0 Å². The number of methoxy groups -OCH3 is 1. The Hall–Kier alpha value is -3.08. The van der Waals surface area contributed by atoms with Crippen molar-refractivity contribution < 1.29 is 18.4 Å². The fraction of sp³-hybridized carbons (Fsp3) is 0.370. The third-order valence-corrected chi connectivity index (χ3v) is 5.61. The molecule has 0 aromatic heterocycles. The Bertz CT molecular complexity index is 1020. The van der Waals surface area contributed by atoms with Gasteiger partial charge in [-0.1, -0.05) is 32.6 Å². The van der Waals surface area contributed by atoms with Gasteiger partial charge in [0.1, 0.15) is 24.2 Å². The van der Waals surface area contributed by atoms with Crippen LogP contribution in [-0.4, -0.2) is 30.5 Å². The van der Waals surface area contributed by atoms with E-state index in [0.717, 1.165) is 48.6 Å². The summed E-state index contributed by atoms with van der Waals surface area (Å²) in [7, 11) is 1.71. The molecule has 2 aliphatic rings. The van der Waals surface area contributed by atoms with Crippen molar-refractivity contribution in [2.75, 3.05) is 19.0 Å². The average Bonchev–Trinajstić information content (AvgIpc) is 3.57. The molecule has 1 atom stereocenters. The van der Waals surface area contributed by atoms with E-state index in [0.29, 0.717) is 11.4 Å². The monoisotopic (exact) mass is 437 g/mol. The number of rotatable bonds is 7. The second-order valence-corrected chi connectivity index (χ2v) is 7.83. The molecule has 0 saturated carbocycles. The molecule has 5 heteroatoms. The molecular formula is C27H34FN2O2+. The lowest BCUT2D eigenvalue weighted by Crippen LogP contribution is -2.24. The zero-order valence-corrected chi connectivity index (χ0v) is 19.8. The van der Waals surface area contributed by atoms with Crippen LogP contribution in [-0.2, 0) is 17.6 Å². The molecule has 0 bridgehead atoms. The maximum Gasteiger partial charge on any atom is 0.314 e. The first-order valence-electron chi connectivity index (χ1n) is 11.4. The van der Waals surface area contributed by atoms with Gasteiger partial charge in [0.25, 0.3) is 0 Å². The lowest BCUT2D eigenvalue weighted by Gasteiger charge is -2.27. The molecule has 2 aromatic carbocycles. The van der Waals surface area contributed by atoms with Crippen LogP contribution in [0.3, 0.4) is 0 Å². The summed E-state index contributed by atoms with van der Waals surface area (Å²) in [4.78, 5) is 0. The fourth-order valence-corrected chi connectivity index (χ4v) is 4.08. The van der Waals surface area contributed by atoms with Crippen LogP contribution in [0, 0.1) is 12.7 Å². The Kier molecular flexibility index (Phi) is 7.73. The minimum Gasteiger partial charge on any atom is -0.496 e. The maximum absolute atomic E-state index is 13.8. The van der Waals surface area contributed by atoms with E-state index in [-0.39, 0.29) is 11.9 Å². The van der Waals surface area contributed by atoms with Crippen LogP contribution in [0.15, 0.2) is 60.1 Å². The van der Waals surface area contributed by atoms with Gasteiger partial charge in [-0.15, -0.1) is 0 Å². The molecule has 1 N–H and O–H groups in total. The summed E-state index contributed by atoms with van der Waals surface area (Å²) in [6.07, 6.45) is 4.74. The Morgan fingerprint density at radius 3 is 2.69 bits per heavy atom. The number of benzene rings is 2. The van der Waals surface area contributed by atoms with Gasteiger partial charge in [-0.3, -0.25) is 0 Å². The van der Waals surface area contributed by atoms with Crippen LogP contribution >= 0.6 is 0 Å². The number of halogens is 1. The van der Waals surface area contributed by atoms with E-state index >= 15 is 0 Å². The summed E-state index contributed by atoms with van der Waals surface area (Å²) in [5.41, 5.74) is 5.71. The van der Waals surface area contributed by atoms with Crippen LogP contribution < -0.4 is 10.1 Å². The SMILES string of the molecule is C=C(Nc1cc(C)cc(F)c1)/C(OC1CCc2cccc(OC)c2C1)=C1C=[N+]\1CC.CC. The molecule has 0 amide bonds. The third kappa shape index (κ3) is 5.39. The number of nitrogens with zero attached hydrogens (tertiary/aromatic N) is 1. The van der Waals surface area contributed by atoms with E-state index < -0.39 is 0 Å². The summed E-state index contributed by atoms with van der Waals surface area (Å²) in [6, 6.07) is 11.1. The first-order chi connectivity index (χ1) is 15.5. The van der Waals surface area contributed by atoms with Gasteiger partial charge in [0.15, 0.2) is 0 Å². The van der Waals surface area contributed by atoms with Crippen molar-refractivity contribution in [3.05, 3.63) is 82.6 Å². The number of hydrogen-bond acceptors (Lipinski definition) is 3. The third-order valence-electron chi connectivity index (χ3n) is 5.61. The topological polar surface area (TPSA) is 33.5 Å². The van der Waals surface area contributed by atoms with Crippen LogP contribution in [0.1, 0.15) is 43.9 Å². The maximum atomic E-state index is 13.8. The van der Waals surface area contributed by atoms with E-state index in [4.69, 9.17) is 9.47 Å². The first kappa shape index (κ1) is 23.6. The standard InChI is InChI=1S/C25H28FN2O2.C2H6/c1-5-28-15-23(28)25(17(3)27-20-12-16(2)11-19(26)13-20)30-21-10-9-18-7-6-8-24(29-4)22(18)14-21;1-2/h6-8,11-13,15,21,27H,3,5,9-10,14H2,1-2,4H3;1-2H3/q+1;/b25-23-;. The van der Waals surface area contributed by atoms with Crippen LogP contribution in [0.4, 0.5) is 10.1 Å². The summed E-state index contributed by atoms with van der Waals surface area (Å²) >= 11 is 0. The predicted molar refractivity (Wildman–Crippen MR) is 129 cm³/mol. The van der Waals surface area contributed by atoms with Gasteiger partial charge < -0.3 is 14.8 Å². The molecule has 0 spiro atoms. The Morgan fingerprint density at radius 2 is 2.03 bits per heavy atom. The second kappa shape index (κ2) is 10.5. The molecular weight excluding hydrogens is 403 g/mol. The van der Waals surface area contributed by atoms with Gasteiger partial charge >= 0.3 is 5.70 Å². The molecule has 32 heavy (non-hydrogen) atoms. The van der Waals surface area contributed by atoms with Gasteiger partial charge in [-0.2, -0.15) is 4.58 Å². The molecule has 1 unspecified atom stereocenters. The first-order valence-corrected chi connectivity index (χ1v) is 11.4. The second-order valence-electron chi connectivity index (χ2n) is 7.83. The molecule has 0 fully saturated rings. The molecule has 1 heterocycles. The highest BCUT2D eigenvalue weighted by atomic mass is 19.1. The number of hydrogen-bond donors (Lipinski definition) is 1. The van der Waals surface area contributed by atoms with Crippen molar-refractivity contribution in [1.82, 2.24) is 0 Å². The Labute approximate surface area is 191 Å². The van der Waals surface area contributed by atoms with E-state index in [9.17, 15) is 4.39 Å². The van der Waals surface area contributed by atoms with E-state index in [1.807, 2.05) is 39.0 Å². The number of nitrogens with one attached hydrogen (secondary N) is 1. The minimum absolute atomic E-state index is 0.0248. The van der Waals surface area contributed by atoms with Crippen molar-refractivity contribution >= 4 is 11.9 Å². The lowest BCUT2D eigenvalue weighted by atomic mass is 9.89. The highest BCUT2D eigenvalue weighted by Gasteiger charge is 2.36. The molecule has 0 saturated heterocycles. The van der Waals surface area contributed by atoms with Gasteiger partial charge in [-0.25, -0.2) is 4.39 Å². The quantitative estimate of drug-likeness (QED) is 0.426. The molecule has 1 aliphatic heterocycles. The average molecular weight is 438 g/mol. The highest BCUT2D eigenvalue weighted by Crippen LogP contribution is 2.33. The van der Waals surface area contributed by atoms with Gasteiger partial charge in [0.2, 0.25) is 12.0 Å². The minimum atomic E-state index is -0.274. The van der Waals surface area contributed by atoms with E-state index in [1.54, 1.807) is 7.11 Å². The van der Waals surface area contributed by atoms with E-state index in [1.165, 1.54) is 23.3 Å². The number of fused-ring (bicyclic) bond motifs is 1. The summed E-state index contributed by atoms with van der Waals surface area (Å²) < 4.78 is 28.0. The van der Waals surface area contributed by atoms with Crippen molar-refractivity contribution in [2.24, 2.45) is 0 Å². The largest absolute Gasteiger partial charge is 0.496 e. The number of aryl methyl sites for hydroxylation is 2. The van der Waals surface area contributed by atoms with Crippen molar-refractivity contribution in [1.29, 1.82) is 0 Å². The zero-order chi connectivity index (χ0) is 23.3. The zero-order valence-electron chi connectivity index (χ0n) is 19.8. The van der Waals surface area contributed by atoms with Crippen LogP contribution in [0.25, 0.3) is 0 Å². The predicted octanol–water partition coefficient (Wildman–Crippen LogP) is 6.00. The van der Waals surface area contributed by atoms with Crippen molar-refractivity contribution in [3.8, 4) is 5.75 Å². The summed E-state index contributed by atoms with van der Waals surface area (Å²) in [5.74, 6) is 1.36. The Balaban J connectivity index is 0.00000141. The van der Waals surface area contributed by atoms with Gasteiger partial charge in [0.05, 0.1) is 12.8 Å². The smallest absolute Gasteiger partial charge is 0.314 e. The summed E-state index contributed by atoms with van der Waals surface area (Å²) in [5, 5.41) is 3.23. The Morgan fingerprint density at radius 1 is 1.25 bits per heavy atom. The van der Waals surface area contributed by atoms with Gasteiger partial charge in [0, 0.05) is 17.7 Å². The number of anilines is 1. The normalized spacial score (nSPS) is 17.8. The van der Waals surface area contributed by atoms with Crippen molar-refractivity contribution in [2.45, 2.75) is 53.1 Å². The van der Waals surface area contributed by atoms with Crippen LogP contribution in [0.5, 0.6) is 5.75 Å². The molecule has 1 aliphatic carbocycles. The number of ether oxygens (including phenoxy) is 2. The van der Waals surface area contributed by atoms with E-state index in [2.05, 4.69) is 35.7 Å². The summed E-state index contributed by atoms with van der Waals surface area (Å²) in [6.45, 7) is 13.0. The lowest BCUT2D eigenvalue weighted by molar-refractivity contribution is -0.401. The fourth-order valence-electron chi connectivity index (χ4n) is 4.08. The van der Waals surface area contributed by atoms with Crippen LogP contribution in [0.2, 0.25) is 0 Å². The molecule has 2 aromatic rings. The highest BCUT2D eigenvalue weighted by molar-refractivity contribution is 5.83. The molecule has 170 valence electrons.